The number of anilines is 2. The quantitative estimate of drug-likeness (QED) is 0.379. The SMILES string of the molecule is CC(=O)c1cc(NC(=O)N(CCCC(C)C)C(=O)Nc2cc(C(C)=O)cc(C(C)=O)c2)cc(C(C)=O)c1. The van der Waals surface area contributed by atoms with Crippen LogP contribution in [0.15, 0.2) is 36.4 Å². The van der Waals surface area contributed by atoms with Crippen LogP contribution in [-0.4, -0.2) is 46.6 Å². The maximum atomic E-state index is 13.2. The summed E-state index contributed by atoms with van der Waals surface area (Å²) in [5.41, 5.74) is 1.38. The third kappa shape index (κ3) is 8.49. The fourth-order valence-corrected chi connectivity index (χ4v) is 3.55. The van der Waals surface area contributed by atoms with Crippen LogP contribution in [0.5, 0.6) is 0 Å². The lowest BCUT2D eigenvalue weighted by Gasteiger charge is -2.23. The number of carbonyl (C=O) groups is 6. The van der Waals surface area contributed by atoms with Crippen molar-refractivity contribution in [3.8, 4) is 0 Å². The Kier molecular flexibility index (Phi) is 9.99. The minimum Gasteiger partial charge on any atom is -0.307 e. The number of urea groups is 2. The third-order valence-corrected chi connectivity index (χ3v) is 5.65. The van der Waals surface area contributed by atoms with Crippen molar-refractivity contribution in [2.45, 2.75) is 54.4 Å². The number of Topliss-reactive ketones (excluding diaryl/α,β-unsaturated/α-hetero) is 4. The molecule has 0 aliphatic heterocycles. The molecule has 2 rings (SSSR count). The van der Waals surface area contributed by atoms with Crippen molar-refractivity contribution >= 4 is 46.6 Å². The second kappa shape index (κ2) is 12.7. The van der Waals surface area contributed by atoms with Gasteiger partial charge >= 0.3 is 12.1 Å². The molecule has 4 amide bonds. The summed E-state index contributed by atoms with van der Waals surface area (Å²) < 4.78 is 0. The molecule has 9 heteroatoms. The van der Waals surface area contributed by atoms with Gasteiger partial charge in [0.2, 0.25) is 0 Å². The van der Waals surface area contributed by atoms with Crippen LogP contribution in [0.4, 0.5) is 21.0 Å². The van der Waals surface area contributed by atoms with Crippen molar-refractivity contribution in [1.82, 2.24) is 4.90 Å². The van der Waals surface area contributed by atoms with E-state index in [-0.39, 0.29) is 63.3 Å². The summed E-state index contributed by atoms with van der Waals surface area (Å²) in [6, 6.07) is 7.12. The Bertz CT molecular complexity index is 1090. The first-order valence-electron chi connectivity index (χ1n) is 12.0. The topological polar surface area (TPSA) is 130 Å². The summed E-state index contributed by atoms with van der Waals surface area (Å²) in [5.74, 6) is -0.772. The summed E-state index contributed by atoms with van der Waals surface area (Å²) in [7, 11) is 0. The van der Waals surface area contributed by atoms with E-state index < -0.39 is 12.1 Å². The molecule has 0 unspecified atom stereocenters. The molecule has 196 valence electrons. The van der Waals surface area contributed by atoms with Crippen LogP contribution in [0, 0.1) is 5.92 Å². The molecule has 9 nitrogen and oxygen atoms in total. The molecule has 2 aromatic rings. The van der Waals surface area contributed by atoms with Gasteiger partial charge in [-0.15, -0.1) is 0 Å². The van der Waals surface area contributed by atoms with Gasteiger partial charge in [-0.2, -0.15) is 0 Å². The van der Waals surface area contributed by atoms with E-state index in [2.05, 4.69) is 10.6 Å². The van der Waals surface area contributed by atoms with E-state index in [9.17, 15) is 28.8 Å². The molecule has 2 N–H and O–H groups in total. The van der Waals surface area contributed by atoms with Crippen LogP contribution >= 0.6 is 0 Å². The van der Waals surface area contributed by atoms with Gasteiger partial charge in [0.05, 0.1) is 0 Å². The van der Waals surface area contributed by atoms with Crippen LogP contribution in [0.2, 0.25) is 0 Å². The highest BCUT2D eigenvalue weighted by atomic mass is 16.2. The Morgan fingerprint density at radius 3 is 1.22 bits per heavy atom. The molecule has 0 aliphatic carbocycles. The van der Waals surface area contributed by atoms with Gasteiger partial charge in [-0.1, -0.05) is 13.8 Å². The molecule has 0 aromatic heterocycles. The molecule has 0 bridgehead atoms. The van der Waals surface area contributed by atoms with E-state index in [1.165, 1.54) is 64.1 Å². The predicted octanol–water partition coefficient (Wildman–Crippen LogP) is 6.00. The number of nitrogens with one attached hydrogen (secondary N) is 2. The van der Waals surface area contributed by atoms with Crippen LogP contribution in [0.25, 0.3) is 0 Å². The minimum atomic E-state index is -0.758. The average molecular weight is 508 g/mol. The van der Waals surface area contributed by atoms with E-state index in [1.54, 1.807) is 0 Å². The Morgan fingerprint density at radius 1 is 0.622 bits per heavy atom. The van der Waals surface area contributed by atoms with Crippen LogP contribution in [0.3, 0.4) is 0 Å². The largest absolute Gasteiger partial charge is 0.329 e. The maximum absolute atomic E-state index is 13.2. The van der Waals surface area contributed by atoms with Gasteiger partial charge in [0.15, 0.2) is 23.1 Å². The average Bonchev–Trinajstić information content (AvgIpc) is 2.80. The third-order valence-electron chi connectivity index (χ3n) is 5.65. The van der Waals surface area contributed by atoms with E-state index in [0.29, 0.717) is 12.3 Å². The molecule has 0 radical (unpaired) electrons. The second-order valence-corrected chi connectivity index (χ2v) is 9.37. The van der Waals surface area contributed by atoms with Crippen molar-refractivity contribution in [2.75, 3.05) is 17.2 Å². The van der Waals surface area contributed by atoms with Crippen molar-refractivity contribution < 1.29 is 28.8 Å². The zero-order chi connectivity index (χ0) is 27.9. The van der Waals surface area contributed by atoms with Gasteiger partial charge in [-0.3, -0.25) is 19.2 Å². The zero-order valence-corrected chi connectivity index (χ0v) is 22.1. The first-order chi connectivity index (χ1) is 17.3. The zero-order valence-electron chi connectivity index (χ0n) is 22.1. The summed E-state index contributed by atoms with van der Waals surface area (Å²) in [6.45, 7) is 9.53. The van der Waals surface area contributed by atoms with Gasteiger partial charge in [0, 0.05) is 40.2 Å². The fourth-order valence-electron chi connectivity index (χ4n) is 3.55. The molecule has 37 heavy (non-hydrogen) atoms. The van der Waals surface area contributed by atoms with E-state index in [1.807, 2.05) is 13.8 Å². The molecule has 2 aromatic carbocycles. The van der Waals surface area contributed by atoms with Crippen molar-refractivity contribution in [3.05, 3.63) is 58.7 Å². The number of ketones is 4. The molecule has 0 saturated carbocycles. The maximum Gasteiger partial charge on any atom is 0.329 e. The molecule has 0 fully saturated rings. The highest BCUT2D eigenvalue weighted by Crippen LogP contribution is 2.20. The van der Waals surface area contributed by atoms with E-state index in [4.69, 9.17) is 0 Å². The van der Waals surface area contributed by atoms with Crippen molar-refractivity contribution in [2.24, 2.45) is 5.92 Å². The normalized spacial score (nSPS) is 10.6. The number of benzene rings is 2. The van der Waals surface area contributed by atoms with Crippen LogP contribution < -0.4 is 10.6 Å². The van der Waals surface area contributed by atoms with Gasteiger partial charge in [-0.25, -0.2) is 14.5 Å². The Morgan fingerprint density at radius 2 is 0.946 bits per heavy atom. The molecular formula is C28H33N3O6. The van der Waals surface area contributed by atoms with Crippen molar-refractivity contribution in [1.29, 1.82) is 0 Å². The number of nitrogens with zero attached hydrogens (tertiary/aromatic N) is 1. The number of hydrogen-bond acceptors (Lipinski definition) is 6. The lowest BCUT2D eigenvalue weighted by atomic mass is 10.0. The summed E-state index contributed by atoms with van der Waals surface area (Å²) in [4.78, 5) is 75.0. The molecule has 0 heterocycles. The highest BCUT2D eigenvalue weighted by molar-refractivity contribution is 6.08. The number of amides is 4. The Balaban J connectivity index is 2.37. The first kappa shape index (κ1) is 29.1. The Hall–Kier alpha value is -4.14. The monoisotopic (exact) mass is 507 g/mol. The van der Waals surface area contributed by atoms with Gasteiger partial charge in [-0.05, 0) is 82.9 Å². The van der Waals surface area contributed by atoms with Crippen molar-refractivity contribution in [3.63, 3.8) is 0 Å². The van der Waals surface area contributed by atoms with Crippen LogP contribution in [-0.2, 0) is 0 Å². The number of imide groups is 1. The predicted molar refractivity (Wildman–Crippen MR) is 142 cm³/mol. The first-order valence-corrected chi connectivity index (χ1v) is 12.0. The summed E-state index contributed by atoms with van der Waals surface area (Å²) in [6.07, 6.45) is 1.30. The van der Waals surface area contributed by atoms with Gasteiger partial charge in [0.25, 0.3) is 0 Å². The molecule has 0 saturated heterocycles. The molecule has 0 spiro atoms. The minimum absolute atomic E-state index is 0.0910. The van der Waals surface area contributed by atoms with Crippen LogP contribution in [0.1, 0.15) is 95.8 Å². The van der Waals surface area contributed by atoms with E-state index >= 15 is 0 Å². The molecular weight excluding hydrogens is 474 g/mol. The Labute approximate surface area is 216 Å². The highest BCUT2D eigenvalue weighted by Gasteiger charge is 2.23. The second-order valence-electron chi connectivity index (χ2n) is 9.37. The van der Waals surface area contributed by atoms with Gasteiger partial charge in [0.1, 0.15) is 0 Å². The smallest absolute Gasteiger partial charge is 0.307 e. The lowest BCUT2D eigenvalue weighted by Crippen LogP contribution is -2.43. The van der Waals surface area contributed by atoms with E-state index in [0.717, 1.165) is 11.3 Å². The summed E-state index contributed by atoms with van der Waals surface area (Å²) in [5, 5.41) is 5.22. The molecule has 0 atom stereocenters. The number of rotatable bonds is 10. The summed E-state index contributed by atoms with van der Waals surface area (Å²) >= 11 is 0. The fraction of sp³-hybridized carbons (Fsp3) is 0.357. The molecule has 0 aliphatic rings. The lowest BCUT2D eigenvalue weighted by molar-refractivity contribution is 0.0998. The number of carbonyl (C=O) groups excluding carboxylic acids is 6. The van der Waals surface area contributed by atoms with Gasteiger partial charge < -0.3 is 10.6 Å². The number of hydrogen-bond donors (Lipinski definition) is 2. The standard InChI is InChI=1S/C28H33N3O6/c1-16(2)8-7-9-31(27(36)29-25-12-21(17(3)32)10-22(13-25)18(4)33)28(37)30-26-14-23(19(5)34)11-24(15-26)20(6)35/h10-16H,7-9H2,1-6H3,(H,29,36)(H,30,37).